The van der Waals surface area contributed by atoms with Gasteiger partial charge in [0, 0.05) is 25.9 Å². The lowest BCUT2D eigenvalue weighted by molar-refractivity contribution is -0.145. The minimum Gasteiger partial charge on any atom is -0.508 e. The Kier molecular flexibility index (Phi) is 23.9. The van der Waals surface area contributed by atoms with E-state index < -0.39 is 138 Å². The highest BCUT2D eigenvalue weighted by Gasteiger charge is 2.43. The van der Waals surface area contributed by atoms with Gasteiger partial charge in [-0.25, -0.2) is 4.79 Å². The molecule has 422 valence electrons. The zero-order chi connectivity index (χ0) is 56.4. The van der Waals surface area contributed by atoms with Crippen LogP contribution in [0.1, 0.15) is 118 Å². The van der Waals surface area contributed by atoms with Gasteiger partial charge in [-0.15, -0.1) is 0 Å². The van der Waals surface area contributed by atoms with Crippen molar-refractivity contribution in [1.82, 2.24) is 52.3 Å². The number of carboxylic acid groups (broad SMARTS) is 2. The molecule has 3 aliphatic rings. The van der Waals surface area contributed by atoms with Gasteiger partial charge in [-0.3, -0.25) is 47.9 Å². The number of rotatable bonds is 28. The molecule has 3 saturated heterocycles. The monoisotopic (exact) mass is 1070 g/mol. The third kappa shape index (κ3) is 17.9. The predicted octanol–water partition coefficient (Wildman–Crippen LogP) is -1.51. The molecular weight excluding hydrogens is 991 g/mol. The standard InChI is InChI=1S/C51H79N11O14/c1-27(2)40(48(72)57-35(51(75)76)12-7-8-22-52)59-45(69)36(26-31-16-18-32(63)19-17-31)58-46(70)37-14-11-25-62(37)50(74)41(28(3)4)60-47(71)38-15-10-24-61(38)49(73)34(20-21-39(64)65)56-43(67)30(6)54-42(66)29(5)55-44(68)33-13-9-23-53-33/h16-19,27-30,33-38,40-41,53,63H,7-15,20-26,52H2,1-6H3,(H,54,66)(H,55,68)(H,56,67)(H,57,72)(H,58,70)(H,59,69)(H,60,71)(H,64,65)(H,75,76)/t29-,30-,33-,34-,35-,36-,37-,38-,40-,41-/m0/s1. The first-order chi connectivity index (χ1) is 35.9. The minimum absolute atomic E-state index is 0.0476. The largest absolute Gasteiger partial charge is 0.508 e. The number of aromatic hydroxyl groups is 1. The third-order valence-electron chi connectivity index (χ3n) is 13.9. The molecule has 9 amide bonds. The van der Waals surface area contributed by atoms with E-state index in [4.69, 9.17) is 5.73 Å². The molecule has 10 atom stereocenters. The predicted molar refractivity (Wildman–Crippen MR) is 274 cm³/mol. The number of carboxylic acids is 2. The molecule has 3 aliphatic heterocycles. The Morgan fingerprint density at radius 1 is 0.592 bits per heavy atom. The number of hydrogen-bond acceptors (Lipinski definition) is 14. The number of aliphatic carboxylic acids is 2. The van der Waals surface area contributed by atoms with Crippen molar-refractivity contribution >= 4 is 65.1 Å². The molecule has 76 heavy (non-hydrogen) atoms. The molecule has 25 nitrogen and oxygen atoms in total. The van der Waals surface area contributed by atoms with E-state index in [0.717, 1.165) is 6.42 Å². The smallest absolute Gasteiger partial charge is 0.326 e. The highest BCUT2D eigenvalue weighted by atomic mass is 16.4. The van der Waals surface area contributed by atoms with Crippen LogP contribution in [0.15, 0.2) is 24.3 Å². The molecule has 0 aliphatic carbocycles. The van der Waals surface area contributed by atoms with Crippen LogP contribution in [0.4, 0.5) is 0 Å². The molecule has 13 N–H and O–H groups in total. The van der Waals surface area contributed by atoms with E-state index in [2.05, 4.69) is 42.5 Å². The van der Waals surface area contributed by atoms with Gasteiger partial charge in [0.25, 0.3) is 0 Å². The quantitative estimate of drug-likeness (QED) is 0.0425. The molecule has 4 rings (SSSR count). The Labute approximate surface area is 442 Å². The zero-order valence-electron chi connectivity index (χ0n) is 44.4. The van der Waals surface area contributed by atoms with Crippen molar-refractivity contribution in [1.29, 1.82) is 0 Å². The lowest BCUT2D eigenvalue weighted by Gasteiger charge is -2.33. The zero-order valence-corrected chi connectivity index (χ0v) is 44.4. The maximum atomic E-state index is 14.5. The first-order valence-electron chi connectivity index (χ1n) is 26.3. The highest BCUT2D eigenvalue weighted by Crippen LogP contribution is 2.24. The van der Waals surface area contributed by atoms with Crippen LogP contribution in [-0.2, 0) is 59.2 Å². The molecule has 3 heterocycles. The second-order valence-electron chi connectivity index (χ2n) is 20.6. The van der Waals surface area contributed by atoms with Crippen LogP contribution >= 0.6 is 0 Å². The fourth-order valence-corrected chi connectivity index (χ4v) is 9.41. The van der Waals surface area contributed by atoms with Gasteiger partial charge in [0.15, 0.2) is 0 Å². The van der Waals surface area contributed by atoms with Crippen molar-refractivity contribution in [2.45, 2.75) is 179 Å². The summed E-state index contributed by atoms with van der Waals surface area (Å²) in [5, 5.41) is 50.6. The minimum atomic E-state index is -1.43. The molecule has 0 spiro atoms. The fourth-order valence-electron chi connectivity index (χ4n) is 9.41. The van der Waals surface area contributed by atoms with E-state index in [1.165, 1.54) is 35.8 Å². The van der Waals surface area contributed by atoms with E-state index in [0.29, 0.717) is 50.8 Å². The number of nitrogens with zero attached hydrogens (tertiary/aromatic N) is 2. The van der Waals surface area contributed by atoms with Crippen molar-refractivity contribution in [2.75, 3.05) is 26.2 Å². The summed E-state index contributed by atoms with van der Waals surface area (Å²) in [7, 11) is 0. The molecule has 0 radical (unpaired) electrons. The van der Waals surface area contributed by atoms with Crippen LogP contribution in [0.25, 0.3) is 0 Å². The lowest BCUT2D eigenvalue weighted by Crippen LogP contribution is -2.61. The first kappa shape index (κ1) is 61.7. The molecular formula is C51H79N11O14. The Bertz CT molecular complexity index is 2240. The van der Waals surface area contributed by atoms with Crippen LogP contribution in [0.3, 0.4) is 0 Å². The summed E-state index contributed by atoms with van der Waals surface area (Å²) in [6.07, 6.45) is 2.59. The van der Waals surface area contributed by atoms with Gasteiger partial charge >= 0.3 is 11.9 Å². The average Bonchev–Trinajstić information content (AvgIpc) is 4.19. The first-order valence-corrected chi connectivity index (χ1v) is 26.3. The van der Waals surface area contributed by atoms with E-state index >= 15 is 0 Å². The molecule has 0 bridgehead atoms. The maximum absolute atomic E-state index is 14.5. The van der Waals surface area contributed by atoms with Crippen LogP contribution in [0.2, 0.25) is 0 Å². The van der Waals surface area contributed by atoms with Gasteiger partial charge in [-0.1, -0.05) is 39.8 Å². The van der Waals surface area contributed by atoms with Crippen molar-refractivity contribution in [2.24, 2.45) is 17.6 Å². The Balaban J connectivity index is 1.47. The SMILES string of the molecule is CC(C)[C@H](NC(=O)[C@H](Cc1ccc(O)cc1)NC(=O)[C@@H]1CCCN1C(=O)[C@@H](NC(=O)[C@@H]1CCCN1C(=O)[C@H](CCC(=O)O)NC(=O)[C@H](C)NC(=O)[C@H](C)NC(=O)[C@@H]1CCCN1)C(C)C)C(=O)N[C@@H](CCCCN)C(=O)O. The van der Waals surface area contributed by atoms with Crippen molar-refractivity contribution in [3.63, 3.8) is 0 Å². The highest BCUT2D eigenvalue weighted by molar-refractivity contribution is 5.99. The summed E-state index contributed by atoms with van der Waals surface area (Å²) in [5.41, 5.74) is 6.08. The molecule has 0 aromatic heterocycles. The molecule has 1 aromatic carbocycles. The molecule has 3 fully saturated rings. The van der Waals surface area contributed by atoms with Crippen LogP contribution < -0.4 is 48.3 Å². The lowest BCUT2D eigenvalue weighted by atomic mass is 9.99. The number of nitrogens with one attached hydrogen (secondary N) is 8. The van der Waals surface area contributed by atoms with E-state index in [-0.39, 0.29) is 56.9 Å². The number of amides is 9. The van der Waals surface area contributed by atoms with Crippen molar-refractivity contribution < 1.29 is 68.1 Å². The Morgan fingerprint density at radius 3 is 1.71 bits per heavy atom. The summed E-state index contributed by atoms with van der Waals surface area (Å²) < 4.78 is 0. The van der Waals surface area contributed by atoms with Gasteiger partial charge in [0.1, 0.15) is 60.1 Å². The second kappa shape index (κ2) is 29.4. The normalized spacial score (nSPS) is 20.0. The number of phenols is 1. The number of likely N-dealkylation sites (tertiary alicyclic amines) is 2. The fraction of sp³-hybridized carbons (Fsp3) is 0.667. The Hall–Kier alpha value is -6.89. The van der Waals surface area contributed by atoms with Gasteiger partial charge in [-0.05, 0) is 121 Å². The Morgan fingerprint density at radius 2 is 1.16 bits per heavy atom. The van der Waals surface area contributed by atoms with Crippen molar-refractivity contribution in [3.05, 3.63) is 29.8 Å². The van der Waals surface area contributed by atoms with E-state index in [1.54, 1.807) is 39.8 Å². The summed E-state index contributed by atoms with van der Waals surface area (Å²) in [6, 6.07) is -5.47. The van der Waals surface area contributed by atoms with E-state index in [1.807, 2.05) is 0 Å². The number of carbonyl (C=O) groups excluding carboxylic acids is 9. The number of carbonyl (C=O) groups is 11. The summed E-state index contributed by atoms with van der Waals surface area (Å²) in [6.45, 7) is 10.7. The number of unbranched alkanes of at least 4 members (excludes halogenated alkanes) is 1. The van der Waals surface area contributed by atoms with Crippen LogP contribution in [0.5, 0.6) is 5.75 Å². The van der Waals surface area contributed by atoms with Gasteiger partial charge < -0.3 is 73.4 Å². The number of nitrogens with two attached hydrogens (primary N) is 1. The van der Waals surface area contributed by atoms with Gasteiger partial charge in [0.2, 0.25) is 53.2 Å². The van der Waals surface area contributed by atoms with Crippen LogP contribution in [-0.4, -0.2) is 177 Å². The second-order valence-corrected chi connectivity index (χ2v) is 20.6. The summed E-state index contributed by atoms with van der Waals surface area (Å²) in [4.78, 5) is 150. The van der Waals surface area contributed by atoms with Gasteiger partial charge in [-0.2, -0.15) is 0 Å². The summed E-state index contributed by atoms with van der Waals surface area (Å²) in [5.74, 6) is -9.80. The molecule has 0 unspecified atom stereocenters. The van der Waals surface area contributed by atoms with Gasteiger partial charge in [0.05, 0.1) is 6.04 Å². The molecule has 1 aromatic rings. The van der Waals surface area contributed by atoms with Crippen molar-refractivity contribution in [3.8, 4) is 5.75 Å². The summed E-state index contributed by atoms with van der Waals surface area (Å²) >= 11 is 0. The molecule has 25 heteroatoms. The topological polar surface area (TPSA) is 377 Å². The average molecular weight is 1070 g/mol. The third-order valence-corrected chi connectivity index (χ3v) is 13.9. The number of phenolic OH excluding ortho intramolecular Hbond substituents is 1. The molecule has 0 saturated carbocycles. The van der Waals surface area contributed by atoms with E-state index in [9.17, 15) is 68.1 Å². The number of benzene rings is 1. The van der Waals surface area contributed by atoms with Crippen LogP contribution in [0, 0.1) is 11.8 Å². The number of hydrogen-bond donors (Lipinski definition) is 12. The maximum Gasteiger partial charge on any atom is 0.326 e.